The van der Waals surface area contributed by atoms with Crippen LogP contribution in [0.4, 0.5) is 0 Å². The number of nitrogens with zero attached hydrogens (tertiary/aromatic N) is 1. The Kier molecular flexibility index (Phi) is 4.60. The Hall–Kier alpha value is -1.11. The highest BCUT2D eigenvalue weighted by atomic mass is 35.5. The fourth-order valence-corrected chi connectivity index (χ4v) is 4.63. The summed E-state index contributed by atoms with van der Waals surface area (Å²) in [6.45, 7) is 1.95. The Morgan fingerprint density at radius 1 is 1.52 bits per heavy atom. The minimum atomic E-state index is -3.38. The SMILES string of the molecule is CCCC(N)C(=O)N(C)C1CS(=O)(=O)c2ccc(Cl)cc21. The van der Waals surface area contributed by atoms with Gasteiger partial charge in [0.1, 0.15) is 0 Å². The quantitative estimate of drug-likeness (QED) is 0.912. The number of fused-ring (bicyclic) bond motifs is 1. The Morgan fingerprint density at radius 2 is 2.19 bits per heavy atom. The van der Waals surface area contributed by atoms with Gasteiger partial charge < -0.3 is 10.6 Å². The van der Waals surface area contributed by atoms with Crippen molar-refractivity contribution in [2.24, 2.45) is 5.73 Å². The predicted octanol–water partition coefficient (Wildman–Crippen LogP) is 1.75. The van der Waals surface area contributed by atoms with Crippen LogP contribution in [0.25, 0.3) is 0 Å². The Labute approximate surface area is 130 Å². The third-order valence-electron chi connectivity index (χ3n) is 3.78. The van der Waals surface area contributed by atoms with E-state index in [9.17, 15) is 13.2 Å². The van der Waals surface area contributed by atoms with Crippen LogP contribution < -0.4 is 5.73 Å². The zero-order valence-electron chi connectivity index (χ0n) is 12.0. The van der Waals surface area contributed by atoms with Crippen LogP contribution in [0.2, 0.25) is 5.02 Å². The fraction of sp³-hybridized carbons (Fsp3) is 0.500. The molecule has 0 fully saturated rings. The molecule has 2 atom stereocenters. The van der Waals surface area contributed by atoms with Crippen molar-refractivity contribution in [3.8, 4) is 0 Å². The second-order valence-electron chi connectivity index (χ2n) is 5.32. The van der Waals surface area contributed by atoms with Crippen LogP contribution in [0.3, 0.4) is 0 Å². The molecule has 0 spiro atoms. The standard InChI is InChI=1S/C14H19ClN2O3S/c1-3-4-11(16)14(18)17(2)12-8-21(19,20)13-6-5-9(15)7-10(12)13/h5-7,11-12H,3-4,8,16H2,1-2H3. The van der Waals surface area contributed by atoms with Crippen molar-refractivity contribution in [3.63, 3.8) is 0 Å². The first-order valence-electron chi connectivity index (χ1n) is 6.82. The minimum Gasteiger partial charge on any atom is -0.336 e. The first kappa shape index (κ1) is 16.3. The molecule has 2 N–H and O–H groups in total. The summed E-state index contributed by atoms with van der Waals surface area (Å²) in [5.74, 6) is -0.367. The molecule has 1 aromatic rings. The molecule has 2 unspecified atom stereocenters. The number of hydrogen-bond acceptors (Lipinski definition) is 4. The van der Waals surface area contributed by atoms with E-state index >= 15 is 0 Å². The lowest BCUT2D eigenvalue weighted by atomic mass is 10.1. The van der Waals surface area contributed by atoms with Crippen LogP contribution in [0.5, 0.6) is 0 Å². The average molecular weight is 331 g/mol. The van der Waals surface area contributed by atoms with E-state index in [4.69, 9.17) is 17.3 Å². The number of hydrogen-bond donors (Lipinski definition) is 1. The zero-order valence-corrected chi connectivity index (χ0v) is 13.6. The van der Waals surface area contributed by atoms with Gasteiger partial charge in [0, 0.05) is 12.1 Å². The van der Waals surface area contributed by atoms with Crippen LogP contribution in [-0.4, -0.2) is 38.1 Å². The monoisotopic (exact) mass is 330 g/mol. The molecule has 1 heterocycles. The summed E-state index contributed by atoms with van der Waals surface area (Å²) in [4.78, 5) is 14.0. The molecule has 5 nitrogen and oxygen atoms in total. The number of rotatable bonds is 4. The van der Waals surface area contributed by atoms with Crippen LogP contribution in [0.1, 0.15) is 31.4 Å². The van der Waals surface area contributed by atoms with Crippen molar-refractivity contribution in [1.82, 2.24) is 4.90 Å². The molecule has 0 aliphatic carbocycles. The number of carbonyl (C=O) groups is 1. The highest BCUT2D eigenvalue weighted by Gasteiger charge is 2.39. The predicted molar refractivity (Wildman–Crippen MR) is 81.9 cm³/mol. The highest BCUT2D eigenvalue weighted by molar-refractivity contribution is 7.91. The van der Waals surface area contributed by atoms with Gasteiger partial charge in [-0.05, 0) is 30.2 Å². The minimum absolute atomic E-state index is 0.121. The lowest BCUT2D eigenvalue weighted by Crippen LogP contribution is -2.43. The normalized spacial score (nSPS) is 20.9. The third kappa shape index (κ3) is 3.07. The molecule has 0 radical (unpaired) electrons. The first-order chi connectivity index (χ1) is 9.77. The van der Waals surface area contributed by atoms with Gasteiger partial charge in [0.15, 0.2) is 9.84 Å². The van der Waals surface area contributed by atoms with Crippen LogP contribution >= 0.6 is 11.6 Å². The van der Waals surface area contributed by atoms with Crippen molar-refractivity contribution in [2.75, 3.05) is 12.8 Å². The Bertz CT molecular complexity index is 660. The molecule has 0 aromatic heterocycles. The van der Waals surface area contributed by atoms with Gasteiger partial charge in [-0.2, -0.15) is 0 Å². The maximum Gasteiger partial charge on any atom is 0.239 e. The van der Waals surface area contributed by atoms with Gasteiger partial charge in [-0.15, -0.1) is 0 Å². The summed E-state index contributed by atoms with van der Waals surface area (Å²) in [5.41, 5.74) is 6.42. The van der Waals surface area contributed by atoms with Gasteiger partial charge in [-0.3, -0.25) is 4.79 Å². The van der Waals surface area contributed by atoms with Crippen LogP contribution in [-0.2, 0) is 14.6 Å². The van der Waals surface area contributed by atoms with Gasteiger partial charge in [0.2, 0.25) is 5.91 Å². The zero-order chi connectivity index (χ0) is 15.8. The topological polar surface area (TPSA) is 80.5 Å². The second-order valence-corrected chi connectivity index (χ2v) is 7.76. The van der Waals surface area contributed by atoms with E-state index in [1.807, 2.05) is 6.92 Å². The molecule has 21 heavy (non-hydrogen) atoms. The summed E-state index contributed by atoms with van der Waals surface area (Å²) in [7, 11) is -1.79. The Balaban J connectivity index is 2.35. The largest absolute Gasteiger partial charge is 0.336 e. The smallest absolute Gasteiger partial charge is 0.239 e. The molecule has 0 saturated heterocycles. The lowest BCUT2D eigenvalue weighted by Gasteiger charge is -2.27. The maximum absolute atomic E-state index is 12.3. The van der Waals surface area contributed by atoms with E-state index in [-0.39, 0.29) is 16.6 Å². The van der Waals surface area contributed by atoms with Crippen LogP contribution in [0, 0.1) is 0 Å². The highest BCUT2D eigenvalue weighted by Crippen LogP contribution is 2.38. The molecule has 0 bridgehead atoms. The van der Waals surface area contributed by atoms with Gasteiger partial charge in [0.25, 0.3) is 0 Å². The molecule has 0 saturated carbocycles. The molecule has 116 valence electrons. The molecular weight excluding hydrogens is 312 g/mol. The molecular formula is C14H19ClN2O3S. The van der Waals surface area contributed by atoms with Gasteiger partial charge >= 0.3 is 0 Å². The Morgan fingerprint density at radius 3 is 2.81 bits per heavy atom. The second kappa shape index (κ2) is 5.94. The number of halogens is 1. The van der Waals surface area contributed by atoms with Gasteiger partial charge in [0.05, 0.1) is 22.7 Å². The van der Waals surface area contributed by atoms with Gasteiger partial charge in [-0.1, -0.05) is 24.9 Å². The van der Waals surface area contributed by atoms with E-state index in [0.29, 0.717) is 17.0 Å². The molecule has 2 rings (SSSR count). The van der Waals surface area contributed by atoms with Gasteiger partial charge in [-0.25, -0.2) is 8.42 Å². The first-order valence-corrected chi connectivity index (χ1v) is 8.85. The number of nitrogens with two attached hydrogens (primary N) is 1. The molecule has 7 heteroatoms. The van der Waals surface area contributed by atoms with Crippen molar-refractivity contribution < 1.29 is 13.2 Å². The average Bonchev–Trinajstić information content (AvgIpc) is 2.68. The number of benzene rings is 1. The van der Waals surface area contributed by atoms with E-state index in [1.165, 1.54) is 11.0 Å². The van der Waals surface area contributed by atoms with Crippen LogP contribution in [0.15, 0.2) is 23.1 Å². The van der Waals surface area contributed by atoms with Crippen molar-refractivity contribution in [2.45, 2.75) is 36.7 Å². The lowest BCUT2D eigenvalue weighted by molar-refractivity contribution is -0.133. The van der Waals surface area contributed by atoms with E-state index < -0.39 is 21.9 Å². The molecule has 1 aromatic carbocycles. The maximum atomic E-state index is 12.3. The number of carbonyl (C=O) groups excluding carboxylic acids is 1. The van der Waals surface area contributed by atoms with Crippen molar-refractivity contribution in [3.05, 3.63) is 28.8 Å². The van der Waals surface area contributed by atoms with E-state index in [0.717, 1.165) is 6.42 Å². The summed E-state index contributed by atoms with van der Waals surface area (Å²) >= 11 is 5.96. The number of likely N-dealkylation sites (N-methyl/N-ethyl adjacent to an activating group) is 1. The summed E-state index contributed by atoms with van der Waals surface area (Å²) in [6.07, 6.45) is 1.37. The van der Waals surface area contributed by atoms with Crippen molar-refractivity contribution in [1.29, 1.82) is 0 Å². The molecule has 1 amide bonds. The number of amides is 1. The molecule has 1 aliphatic heterocycles. The molecule has 1 aliphatic rings. The summed E-state index contributed by atoms with van der Waals surface area (Å²) in [6, 6.07) is 3.52. The number of sulfone groups is 1. The summed E-state index contributed by atoms with van der Waals surface area (Å²) < 4.78 is 24.4. The van der Waals surface area contributed by atoms with Crippen molar-refractivity contribution >= 4 is 27.3 Å². The third-order valence-corrected chi connectivity index (χ3v) is 5.81. The fourth-order valence-electron chi connectivity index (χ4n) is 2.62. The van der Waals surface area contributed by atoms with E-state index in [2.05, 4.69) is 0 Å². The van der Waals surface area contributed by atoms with E-state index in [1.54, 1.807) is 19.2 Å². The summed E-state index contributed by atoms with van der Waals surface area (Å²) in [5, 5.41) is 0.453.